The highest BCUT2D eigenvalue weighted by Crippen LogP contribution is 2.20. The van der Waals surface area contributed by atoms with E-state index in [0.29, 0.717) is 13.2 Å². The molecule has 0 aromatic heterocycles. The van der Waals surface area contributed by atoms with E-state index in [1.807, 2.05) is 24.3 Å². The number of hydrogen-bond donors (Lipinski definition) is 1. The molecule has 0 heterocycles. The number of carbonyl (C=O) groups is 1. The average molecular weight is 391 g/mol. The molecule has 1 N–H and O–H groups in total. The van der Waals surface area contributed by atoms with Gasteiger partial charge in [0.2, 0.25) is 0 Å². The van der Waals surface area contributed by atoms with Gasteiger partial charge in [-0.15, -0.1) is 0 Å². The molecule has 27 heavy (non-hydrogen) atoms. The predicted molar refractivity (Wildman–Crippen MR) is 104 cm³/mol. The standard InChI is InChI=1S/C20H25NO5S/c1-15(2)27(23,24)19-7-5-4-6-18(19)20(22)21-14-16-8-10-17(11-9-16)26-13-12-25-3/h4-11,15H,12-14H2,1-3H3,(H,21,22). The second kappa shape index (κ2) is 9.53. The topological polar surface area (TPSA) is 81.7 Å². The van der Waals surface area contributed by atoms with Gasteiger partial charge < -0.3 is 14.8 Å². The Hall–Kier alpha value is -2.38. The van der Waals surface area contributed by atoms with Gasteiger partial charge >= 0.3 is 0 Å². The second-order valence-corrected chi connectivity index (χ2v) is 8.73. The molecule has 6 nitrogen and oxygen atoms in total. The summed E-state index contributed by atoms with van der Waals surface area (Å²) < 4.78 is 35.4. The van der Waals surface area contributed by atoms with Crippen molar-refractivity contribution < 1.29 is 22.7 Å². The molecule has 0 aliphatic carbocycles. The first-order valence-electron chi connectivity index (χ1n) is 8.68. The summed E-state index contributed by atoms with van der Waals surface area (Å²) in [6.45, 7) is 4.46. The van der Waals surface area contributed by atoms with Gasteiger partial charge in [0.15, 0.2) is 9.84 Å². The zero-order valence-corrected chi connectivity index (χ0v) is 16.6. The van der Waals surface area contributed by atoms with Crippen molar-refractivity contribution in [2.24, 2.45) is 0 Å². The van der Waals surface area contributed by atoms with Crippen LogP contribution in [0.1, 0.15) is 29.8 Å². The summed E-state index contributed by atoms with van der Waals surface area (Å²) in [6, 6.07) is 13.6. The third kappa shape index (κ3) is 5.55. The van der Waals surface area contributed by atoms with Gasteiger partial charge in [0, 0.05) is 13.7 Å². The summed E-state index contributed by atoms with van der Waals surface area (Å²) in [5, 5.41) is 2.17. The smallest absolute Gasteiger partial charge is 0.252 e. The van der Waals surface area contributed by atoms with Crippen LogP contribution in [0.15, 0.2) is 53.4 Å². The fraction of sp³-hybridized carbons (Fsp3) is 0.350. The van der Waals surface area contributed by atoms with E-state index in [9.17, 15) is 13.2 Å². The molecular weight excluding hydrogens is 366 g/mol. The van der Waals surface area contributed by atoms with Gasteiger partial charge in [-0.3, -0.25) is 4.79 Å². The number of methoxy groups -OCH3 is 1. The summed E-state index contributed by atoms with van der Waals surface area (Å²) in [5.74, 6) is 0.297. The molecule has 2 aromatic rings. The Bertz CT molecular complexity index is 860. The molecule has 2 aromatic carbocycles. The first-order valence-corrected chi connectivity index (χ1v) is 10.2. The molecule has 0 aliphatic heterocycles. The fourth-order valence-electron chi connectivity index (χ4n) is 2.38. The lowest BCUT2D eigenvalue weighted by atomic mass is 10.2. The van der Waals surface area contributed by atoms with Crippen molar-refractivity contribution in [3.8, 4) is 5.75 Å². The zero-order chi connectivity index (χ0) is 19.9. The Morgan fingerprint density at radius 1 is 1.04 bits per heavy atom. The number of amides is 1. The molecule has 1 amide bonds. The summed E-state index contributed by atoms with van der Waals surface area (Å²) in [6.07, 6.45) is 0. The highest BCUT2D eigenvalue weighted by atomic mass is 32.2. The maximum atomic E-state index is 12.5. The molecule has 0 saturated carbocycles. The number of hydrogen-bond acceptors (Lipinski definition) is 5. The molecule has 0 saturated heterocycles. The van der Waals surface area contributed by atoms with Crippen molar-refractivity contribution in [2.45, 2.75) is 30.5 Å². The summed E-state index contributed by atoms with van der Waals surface area (Å²) in [4.78, 5) is 12.6. The first kappa shape index (κ1) is 20.9. The Kier molecular flexibility index (Phi) is 7.38. The van der Waals surface area contributed by atoms with Crippen molar-refractivity contribution in [1.29, 1.82) is 0 Å². The summed E-state index contributed by atoms with van der Waals surface area (Å²) >= 11 is 0. The van der Waals surface area contributed by atoms with Crippen molar-refractivity contribution in [2.75, 3.05) is 20.3 Å². The predicted octanol–water partition coefficient (Wildman–Crippen LogP) is 2.82. The van der Waals surface area contributed by atoms with Gasteiger partial charge in [-0.1, -0.05) is 24.3 Å². The third-order valence-corrected chi connectivity index (χ3v) is 6.20. The van der Waals surface area contributed by atoms with E-state index in [4.69, 9.17) is 9.47 Å². The second-order valence-electron chi connectivity index (χ2n) is 6.26. The zero-order valence-electron chi connectivity index (χ0n) is 15.8. The van der Waals surface area contributed by atoms with E-state index in [1.54, 1.807) is 33.1 Å². The van der Waals surface area contributed by atoms with Crippen molar-refractivity contribution in [3.63, 3.8) is 0 Å². The van der Waals surface area contributed by atoms with E-state index >= 15 is 0 Å². The molecule has 0 radical (unpaired) electrons. The van der Waals surface area contributed by atoms with Gasteiger partial charge in [-0.05, 0) is 43.7 Å². The quantitative estimate of drug-likeness (QED) is 0.665. The summed E-state index contributed by atoms with van der Waals surface area (Å²) in [5.41, 5.74) is 1.04. The van der Waals surface area contributed by atoms with Gasteiger partial charge in [0.1, 0.15) is 12.4 Å². The maximum absolute atomic E-state index is 12.5. The molecular formula is C20H25NO5S. The molecule has 0 atom stereocenters. The average Bonchev–Trinajstić information content (AvgIpc) is 2.67. The van der Waals surface area contributed by atoms with Crippen molar-refractivity contribution in [1.82, 2.24) is 5.32 Å². The van der Waals surface area contributed by atoms with Crippen LogP contribution in [-0.2, 0) is 21.1 Å². The Balaban J connectivity index is 2.05. The largest absolute Gasteiger partial charge is 0.491 e. The van der Waals surface area contributed by atoms with Crippen LogP contribution in [0.5, 0.6) is 5.75 Å². The van der Waals surface area contributed by atoms with Crippen LogP contribution < -0.4 is 10.1 Å². The van der Waals surface area contributed by atoms with Gasteiger partial charge in [-0.2, -0.15) is 0 Å². The number of carbonyl (C=O) groups excluding carboxylic acids is 1. The van der Waals surface area contributed by atoms with Crippen LogP contribution in [-0.4, -0.2) is 39.9 Å². The lowest BCUT2D eigenvalue weighted by Gasteiger charge is -2.13. The van der Waals surface area contributed by atoms with Crippen LogP contribution in [0.25, 0.3) is 0 Å². The third-order valence-electron chi connectivity index (χ3n) is 3.99. The minimum absolute atomic E-state index is 0.0550. The van der Waals surface area contributed by atoms with E-state index in [-0.39, 0.29) is 17.0 Å². The fourth-order valence-corrected chi connectivity index (χ4v) is 3.62. The van der Waals surface area contributed by atoms with Crippen LogP contribution in [0.2, 0.25) is 0 Å². The van der Waals surface area contributed by atoms with E-state index < -0.39 is 21.0 Å². The molecule has 0 fully saturated rings. The number of benzene rings is 2. The Morgan fingerprint density at radius 3 is 2.33 bits per heavy atom. The van der Waals surface area contributed by atoms with Gasteiger partial charge in [-0.25, -0.2) is 8.42 Å². The normalized spacial score (nSPS) is 11.4. The van der Waals surface area contributed by atoms with Crippen LogP contribution >= 0.6 is 0 Å². The molecule has 0 aliphatic rings. The maximum Gasteiger partial charge on any atom is 0.252 e. The summed E-state index contributed by atoms with van der Waals surface area (Å²) in [7, 11) is -1.93. The molecule has 2 rings (SSSR count). The molecule has 0 spiro atoms. The SMILES string of the molecule is COCCOc1ccc(CNC(=O)c2ccccc2S(=O)(=O)C(C)C)cc1. The number of rotatable bonds is 9. The monoisotopic (exact) mass is 391 g/mol. The van der Waals surface area contributed by atoms with Crippen LogP contribution in [0.3, 0.4) is 0 Å². The van der Waals surface area contributed by atoms with Crippen molar-refractivity contribution >= 4 is 15.7 Å². The van der Waals surface area contributed by atoms with E-state index in [0.717, 1.165) is 11.3 Å². The highest BCUT2D eigenvalue weighted by Gasteiger charge is 2.25. The minimum Gasteiger partial charge on any atom is -0.491 e. The van der Waals surface area contributed by atoms with Crippen LogP contribution in [0.4, 0.5) is 0 Å². The highest BCUT2D eigenvalue weighted by molar-refractivity contribution is 7.92. The number of sulfone groups is 1. The minimum atomic E-state index is -3.54. The van der Waals surface area contributed by atoms with Crippen LogP contribution in [0, 0.1) is 0 Å². The van der Waals surface area contributed by atoms with Gasteiger partial charge in [0.25, 0.3) is 5.91 Å². The molecule has 7 heteroatoms. The van der Waals surface area contributed by atoms with Crippen molar-refractivity contribution in [3.05, 3.63) is 59.7 Å². The number of ether oxygens (including phenoxy) is 2. The Morgan fingerprint density at radius 2 is 1.70 bits per heavy atom. The first-order chi connectivity index (χ1) is 12.9. The van der Waals surface area contributed by atoms with E-state index in [2.05, 4.69) is 5.32 Å². The van der Waals surface area contributed by atoms with Gasteiger partial charge in [0.05, 0.1) is 22.3 Å². The Labute approximate surface area is 160 Å². The molecule has 0 bridgehead atoms. The van der Waals surface area contributed by atoms with E-state index in [1.165, 1.54) is 12.1 Å². The molecule has 146 valence electrons. The number of nitrogens with one attached hydrogen (secondary N) is 1. The molecule has 0 unspecified atom stereocenters. The lowest BCUT2D eigenvalue weighted by Crippen LogP contribution is -2.26. The lowest BCUT2D eigenvalue weighted by molar-refractivity contribution is 0.0947.